The summed E-state index contributed by atoms with van der Waals surface area (Å²) in [5, 5.41) is 5.12. The molecular weight excluding hydrogens is 745 g/mol. The van der Waals surface area contributed by atoms with Crippen molar-refractivity contribution < 1.29 is 0 Å². The zero-order valence-electron chi connectivity index (χ0n) is 35.6. The molecule has 2 aliphatic rings. The second kappa shape index (κ2) is 13.6. The van der Waals surface area contributed by atoms with E-state index in [1.54, 1.807) is 0 Å². The number of hydrogen-bond donors (Lipinski definition) is 0. The summed E-state index contributed by atoms with van der Waals surface area (Å²) >= 11 is 0. The molecule has 0 heterocycles. The molecule has 0 amide bonds. The van der Waals surface area contributed by atoms with Gasteiger partial charge in [0.1, 0.15) is 0 Å². The monoisotopic (exact) mass is 790 g/mol. The number of benzene rings is 10. The van der Waals surface area contributed by atoms with E-state index < -0.39 is 10.8 Å². The van der Waals surface area contributed by atoms with Crippen LogP contribution in [-0.2, 0) is 10.8 Å². The van der Waals surface area contributed by atoms with Crippen LogP contribution in [0.1, 0.15) is 66.8 Å². The van der Waals surface area contributed by atoms with E-state index in [1.165, 1.54) is 122 Å². The third-order valence-electron chi connectivity index (χ3n) is 14.6. The molecule has 0 radical (unpaired) electrons. The first-order valence-electron chi connectivity index (χ1n) is 22.0. The maximum Gasteiger partial charge on any atom is 0.0713 e. The van der Waals surface area contributed by atoms with Gasteiger partial charge in [-0.3, -0.25) is 0 Å². The van der Waals surface area contributed by atoms with Crippen LogP contribution in [-0.4, -0.2) is 0 Å². The van der Waals surface area contributed by atoms with Gasteiger partial charge in [-0.15, -0.1) is 0 Å². The molecule has 0 bridgehead atoms. The second-order valence-electron chi connectivity index (χ2n) is 17.8. The van der Waals surface area contributed by atoms with E-state index >= 15 is 0 Å². The van der Waals surface area contributed by atoms with Gasteiger partial charge in [-0.2, -0.15) is 0 Å². The number of aryl methyl sites for hydroxylation is 4. The van der Waals surface area contributed by atoms with Gasteiger partial charge >= 0.3 is 0 Å². The maximum atomic E-state index is 2.44. The molecular formula is C62H46. The average Bonchev–Trinajstić information content (AvgIpc) is 3.79. The largest absolute Gasteiger partial charge is 0.0713 e. The highest BCUT2D eigenvalue weighted by Gasteiger charge is 2.47. The van der Waals surface area contributed by atoms with Crippen LogP contribution in [0.3, 0.4) is 0 Å². The van der Waals surface area contributed by atoms with Crippen molar-refractivity contribution in [1.29, 1.82) is 0 Å². The van der Waals surface area contributed by atoms with Crippen molar-refractivity contribution in [2.45, 2.75) is 38.5 Å². The van der Waals surface area contributed by atoms with E-state index in [-0.39, 0.29) is 0 Å². The van der Waals surface area contributed by atoms with Crippen molar-refractivity contribution in [2.24, 2.45) is 0 Å². The molecule has 0 atom stereocenters. The predicted octanol–water partition coefficient (Wildman–Crippen LogP) is 15.6. The van der Waals surface area contributed by atoms with Gasteiger partial charge in [0.05, 0.1) is 10.8 Å². The molecule has 10 aromatic carbocycles. The zero-order chi connectivity index (χ0) is 41.7. The minimum Gasteiger partial charge on any atom is -0.0619 e. The highest BCUT2D eigenvalue weighted by atomic mass is 14.5. The fourth-order valence-corrected chi connectivity index (χ4v) is 11.4. The fourth-order valence-electron chi connectivity index (χ4n) is 11.4. The van der Waals surface area contributed by atoms with Crippen LogP contribution in [0.5, 0.6) is 0 Å². The van der Waals surface area contributed by atoms with Gasteiger partial charge in [0.25, 0.3) is 0 Å². The van der Waals surface area contributed by atoms with Crippen LogP contribution < -0.4 is 0 Å². The summed E-state index contributed by atoms with van der Waals surface area (Å²) in [5.74, 6) is 0. The van der Waals surface area contributed by atoms with Crippen molar-refractivity contribution in [1.82, 2.24) is 0 Å². The van der Waals surface area contributed by atoms with Crippen LogP contribution in [0.4, 0.5) is 0 Å². The molecule has 294 valence electrons. The third kappa shape index (κ3) is 5.07. The lowest BCUT2D eigenvalue weighted by Gasteiger charge is -2.34. The quantitative estimate of drug-likeness (QED) is 0.163. The lowest BCUT2D eigenvalue weighted by molar-refractivity contribution is 0.769. The number of fused-ring (bicyclic) bond motifs is 8. The predicted molar refractivity (Wildman–Crippen MR) is 260 cm³/mol. The standard InChI is InChI=1S/C62H46/c1-39-33-45-25-31-51(37-47(45)35-41(39)3)61(57-17-9-5-13-53(57)54-14-6-10-18-58(54)61)49-27-21-43(22-28-49)44-23-29-50(30-24-44)62(52-32-26-46-34-40(2)42(4)36-48(46)38-52)59-19-11-7-15-55(59)56-16-8-12-20-60(56)62/h5-38H,1-4H3. The van der Waals surface area contributed by atoms with E-state index in [0.717, 1.165) is 0 Å². The normalized spacial score (nSPS) is 14.1. The Hall–Kier alpha value is -7.28. The first-order valence-corrected chi connectivity index (χ1v) is 22.0. The summed E-state index contributed by atoms with van der Waals surface area (Å²) in [6, 6.07) is 78.7. The zero-order valence-corrected chi connectivity index (χ0v) is 35.6. The molecule has 0 saturated heterocycles. The van der Waals surface area contributed by atoms with Crippen LogP contribution in [0, 0.1) is 27.7 Å². The summed E-state index contributed by atoms with van der Waals surface area (Å²) in [6.45, 7) is 8.86. The minimum atomic E-state index is -0.463. The van der Waals surface area contributed by atoms with E-state index in [0.29, 0.717) is 0 Å². The van der Waals surface area contributed by atoms with Gasteiger partial charge < -0.3 is 0 Å². The Bertz CT molecular complexity index is 3110. The fraction of sp³-hybridized carbons (Fsp3) is 0.0968. The summed E-state index contributed by atoms with van der Waals surface area (Å²) in [7, 11) is 0. The molecule has 0 unspecified atom stereocenters. The Balaban J connectivity index is 1.01. The molecule has 0 spiro atoms. The first-order chi connectivity index (χ1) is 30.3. The molecule has 62 heavy (non-hydrogen) atoms. The van der Waals surface area contributed by atoms with E-state index in [2.05, 4.69) is 234 Å². The Morgan fingerprint density at radius 3 is 0.839 bits per heavy atom. The molecule has 12 rings (SSSR count). The molecule has 0 N–H and O–H groups in total. The van der Waals surface area contributed by atoms with Crippen LogP contribution in [0.2, 0.25) is 0 Å². The van der Waals surface area contributed by atoms with Crippen LogP contribution >= 0.6 is 0 Å². The maximum absolute atomic E-state index is 2.44. The van der Waals surface area contributed by atoms with E-state index in [9.17, 15) is 0 Å². The van der Waals surface area contributed by atoms with Gasteiger partial charge in [-0.05, 0) is 162 Å². The highest BCUT2D eigenvalue weighted by Crippen LogP contribution is 2.58. The van der Waals surface area contributed by atoms with Gasteiger partial charge in [-0.25, -0.2) is 0 Å². The van der Waals surface area contributed by atoms with Crippen molar-refractivity contribution >= 4 is 21.5 Å². The Labute approximate surface area is 364 Å². The van der Waals surface area contributed by atoms with Crippen molar-refractivity contribution in [3.8, 4) is 33.4 Å². The summed E-state index contributed by atoms with van der Waals surface area (Å²) in [5.41, 5.74) is 22.5. The van der Waals surface area contributed by atoms with E-state index in [4.69, 9.17) is 0 Å². The minimum absolute atomic E-state index is 0.463. The van der Waals surface area contributed by atoms with Gasteiger partial charge in [0.15, 0.2) is 0 Å². The molecule has 0 saturated carbocycles. The molecule has 0 nitrogen and oxygen atoms in total. The molecule has 0 aliphatic heterocycles. The highest BCUT2D eigenvalue weighted by molar-refractivity contribution is 5.92. The SMILES string of the molecule is Cc1cc2ccc(C3(c4ccc(-c5ccc(C6(c7ccc8cc(C)c(C)cc8c7)c7ccccc7-c7ccccc76)cc5)cc4)c4ccccc4-c4ccccc43)cc2cc1C. The molecule has 10 aromatic rings. The first kappa shape index (κ1) is 36.6. The van der Waals surface area contributed by atoms with Crippen LogP contribution in [0.25, 0.3) is 54.9 Å². The average molecular weight is 791 g/mol. The Kier molecular flexibility index (Phi) is 8.03. The Morgan fingerprint density at radius 1 is 0.242 bits per heavy atom. The summed E-state index contributed by atoms with van der Waals surface area (Å²) in [6.07, 6.45) is 0. The molecule has 0 fully saturated rings. The number of hydrogen-bond acceptors (Lipinski definition) is 0. The Morgan fingerprint density at radius 2 is 0.516 bits per heavy atom. The summed E-state index contributed by atoms with van der Waals surface area (Å²) in [4.78, 5) is 0. The summed E-state index contributed by atoms with van der Waals surface area (Å²) < 4.78 is 0. The lowest BCUT2D eigenvalue weighted by atomic mass is 9.67. The lowest BCUT2D eigenvalue weighted by Crippen LogP contribution is -2.28. The van der Waals surface area contributed by atoms with Crippen molar-refractivity contribution in [3.05, 3.63) is 273 Å². The van der Waals surface area contributed by atoms with Crippen molar-refractivity contribution in [3.63, 3.8) is 0 Å². The van der Waals surface area contributed by atoms with Crippen molar-refractivity contribution in [2.75, 3.05) is 0 Å². The van der Waals surface area contributed by atoms with Gasteiger partial charge in [-0.1, -0.05) is 194 Å². The van der Waals surface area contributed by atoms with Gasteiger partial charge in [0.2, 0.25) is 0 Å². The molecule has 0 aromatic heterocycles. The molecule has 0 heteroatoms. The van der Waals surface area contributed by atoms with Crippen LogP contribution in [0.15, 0.2) is 206 Å². The smallest absolute Gasteiger partial charge is 0.0619 e. The third-order valence-corrected chi connectivity index (χ3v) is 14.6. The second-order valence-corrected chi connectivity index (χ2v) is 17.8. The van der Waals surface area contributed by atoms with E-state index in [1.807, 2.05) is 0 Å². The molecule has 2 aliphatic carbocycles. The number of rotatable bonds is 5. The topological polar surface area (TPSA) is 0 Å². The van der Waals surface area contributed by atoms with Gasteiger partial charge in [0, 0.05) is 0 Å².